The summed E-state index contributed by atoms with van der Waals surface area (Å²) < 4.78 is 5.07. The van der Waals surface area contributed by atoms with Crippen molar-refractivity contribution in [2.45, 2.75) is 20.3 Å². The number of halogens is 1. The van der Waals surface area contributed by atoms with Gasteiger partial charge in [0.15, 0.2) is 4.47 Å². The molecule has 1 heterocycles. The molecule has 0 aliphatic rings. The van der Waals surface area contributed by atoms with E-state index in [1.165, 1.54) is 6.92 Å². The van der Waals surface area contributed by atoms with Gasteiger partial charge in [-0.25, -0.2) is 4.98 Å². The average molecular weight is 263 g/mol. The fourth-order valence-corrected chi connectivity index (χ4v) is 2.14. The Morgan fingerprint density at radius 1 is 1.56 bits per heavy atom. The highest BCUT2D eigenvalue weighted by atomic mass is 35.5. The minimum atomic E-state index is -0.393. The topological polar surface area (TPSA) is 68.3 Å². The molecule has 1 amide bonds. The van der Waals surface area contributed by atoms with Gasteiger partial charge in [-0.05, 0) is 6.92 Å². The summed E-state index contributed by atoms with van der Waals surface area (Å²) in [5.41, 5.74) is 0.434. The number of esters is 1. The molecule has 1 aromatic rings. The van der Waals surface area contributed by atoms with E-state index in [4.69, 9.17) is 16.3 Å². The van der Waals surface area contributed by atoms with E-state index in [-0.39, 0.29) is 16.8 Å². The number of carbonyl (C=O) groups excluding carboxylic acids is 2. The quantitative estimate of drug-likeness (QED) is 0.841. The molecular formula is C9H11ClN2O3S. The maximum Gasteiger partial charge on any atom is 0.311 e. The Labute approximate surface area is 102 Å². The van der Waals surface area contributed by atoms with Crippen LogP contribution in [0.1, 0.15) is 19.5 Å². The van der Waals surface area contributed by atoms with Crippen LogP contribution in [0.4, 0.5) is 5.00 Å². The third-order valence-electron chi connectivity index (χ3n) is 1.58. The summed E-state index contributed by atoms with van der Waals surface area (Å²) in [6.45, 7) is 3.41. The van der Waals surface area contributed by atoms with E-state index in [1.807, 2.05) is 0 Å². The van der Waals surface area contributed by atoms with Gasteiger partial charge in [-0.2, -0.15) is 0 Å². The summed E-state index contributed by atoms with van der Waals surface area (Å²) >= 11 is 6.83. The normalized spacial score (nSPS) is 9.94. The van der Waals surface area contributed by atoms with E-state index in [1.54, 1.807) is 6.92 Å². The standard InChI is InChI=1S/C9H11ClN2O3S/c1-3-15-7(14)4-6-8(11-5(2)13)16-9(10)12-6/h3-4H2,1-2H3,(H,11,13). The highest BCUT2D eigenvalue weighted by molar-refractivity contribution is 7.19. The predicted octanol–water partition coefficient (Wildman–Crippen LogP) is 1.86. The predicted molar refractivity (Wildman–Crippen MR) is 61.8 cm³/mol. The number of thiazole rings is 1. The van der Waals surface area contributed by atoms with E-state index in [0.29, 0.717) is 17.3 Å². The van der Waals surface area contributed by atoms with Crippen molar-refractivity contribution in [3.63, 3.8) is 0 Å². The first-order valence-electron chi connectivity index (χ1n) is 4.61. The van der Waals surface area contributed by atoms with Crippen LogP contribution in [0.25, 0.3) is 0 Å². The van der Waals surface area contributed by atoms with Crippen molar-refractivity contribution in [2.24, 2.45) is 0 Å². The lowest BCUT2D eigenvalue weighted by molar-refractivity contribution is -0.142. The van der Waals surface area contributed by atoms with Gasteiger partial charge in [-0.3, -0.25) is 9.59 Å². The number of carbonyl (C=O) groups is 2. The van der Waals surface area contributed by atoms with Crippen LogP contribution in [0.3, 0.4) is 0 Å². The van der Waals surface area contributed by atoms with E-state index in [0.717, 1.165) is 11.3 Å². The third kappa shape index (κ3) is 3.79. The number of rotatable bonds is 4. The fraction of sp³-hybridized carbons (Fsp3) is 0.444. The Balaban J connectivity index is 2.78. The molecule has 1 N–H and O–H groups in total. The smallest absolute Gasteiger partial charge is 0.311 e. The first-order chi connectivity index (χ1) is 7.52. The Morgan fingerprint density at radius 3 is 2.81 bits per heavy atom. The number of nitrogens with zero attached hydrogens (tertiary/aromatic N) is 1. The molecule has 0 saturated heterocycles. The van der Waals surface area contributed by atoms with Crippen molar-refractivity contribution >= 4 is 39.8 Å². The lowest BCUT2D eigenvalue weighted by Gasteiger charge is -2.02. The number of aromatic nitrogens is 1. The maximum absolute atomic E-state index is 11.2. The number of hydrogen-bond donors (Lipinski definition) is 1. The van der Waals surface area contributed by atoms with Gasteiger partial charge in [0.25, 0.3) is 0 Å². The lowest BCUT2D eigenvalue weighted by Crippen LogP contribution is -2.11. The summed E-state index contributed by atoms with van der Waals surface area (Å²) in [5.74, 6) is -0.624. The number of anilines is 1. The zero-order chi connectivity index (χ0) is 12.1. The molecular weight excluding hydrogens is 252 g/mol. The number of amides is 1. The molecule has 1 aromatic heterocycles. The van der Waals surface area contributed by atoms with Crippen LogP contribution >= 0.6 is 22.9 Å². The van der Waals surface area contributed by atoms with Crippen molar-refractivity contribution in [1.29, 1.82) is 0 Å². The van der Waals surface area contributed by atoms with Crippen molar-refractivity contribution in [3.05, 3.63) is 10.2 Å². The van der Waals surface area contributed by atoms with E-state index in [2.05, 4.69) is 10.3 Å². The fourth-order valence-electron chi connectivity index (χ4n) is 1.05. The van der Waals surface area contributed by atoms with Gasteiger partial charge in [0.05, 0.1) is 18.7 Å². The second-order valence-electron chi connectivity index (χ2n) is 2.91. The Bertz CT molecular complexity index is 405. The Hall–Kier alpha value is -1.14. The van der Waals surface area contributed by atoms with Gasteiger partial charge in [-0.15, -0.1) is 0 Å². The van der Waals surface area contributed by atoms with Crippen LogP contribution in [-0.4, -0.2) is 23.5 Å². The van der Waals surface area contributed by atoms with Crippen LogP contribution in [0, 0.1) is 0 Å². The molecule has 0 saturated carbocycles. The monoisotopic (exact) mass is 262 g/mol. The molecule has 0 unspecified atom stereocenters. The SMILES string of the molecule is CCOC(=O)Cc1nc(Cl)sc1NC(C)=O. The van der Waals surface area contributed by atoms with Crippen LogP contribution in [-0.2, 0) is 20.7 Å². The maximum atomic E-state index is 11.2. The largest absolute Gasteiger partial charge is 0.466 e. The molecule has 0 radical (unpaired) electrons. The van der Waals surface area contributed by atoms with E-state index in [9.17, 15) is 9.59 Å². The molecule has 0 atom stereocenters. The highest BCUT2D eigenvalue weighted by Gasteiger charge is 2.15. The van der Waals surface area contributed by atoms with Crippen molar-refractivity contribution < 1.29 is 14.3 Å². The molecule has 7 heteroatoms. The van der Waals surface area contributed by atoms with E-state index >= 15 is 0 Å². The molecule has 1 rings (SSSR count). The van der Waals surface area contributed by atoms with Crippen LogP contribution in [0.15, 0.2) is 0 Å². The molecule has 0 bridgehead atoms. The average Bonchev–Trinajstić information content (AvgIpc) is 2.45. The molecule has 0 spiro atoms. The third-order valence-corrected chi connectivity index (χ3v) is 2.70. The zero-order valence-corrected chi connectivity index (χ0v) is 10.4. The molecule has 0 aliphatic heterocycles. The lowest BCUT2D eigenvalue weighted by atomic mass is 10.3. The zero-order valence-electron chi connectivity index (χ0n) is 8.87. The first-order valence-corrected chi connectivity index (χ1v) is 5.80. The van der Waals surface area contributed by atoms with Gasteiger partial charge >= 0.3 is 5.97 Å². The van der Waals surface area contributed by atoms with Gasteiger partial charge < -0.3 is 10.1 Å². The Morgan fingerprint density at radius 2 is 2.25 bits per heavy atom. The summed E-state index contributed by atoms with van der Waals surface area (Å²) in [6, 6.07) is 0. The number of hydrogen-bond acceptors (Lipinski definition) is 5. The molecule has 0 aliphatic carbocycles. The molecule has 0 aromatic carbocycles. The molecule has 16 heavy (non-hydrogen) atoms. The molecule has 5 nitrogen and oxygen atoms in total. The minimum absolute atomic E-state index is 0.00662. The van der Waals surface area contributed by atoms with Gasteiger partial charge in [0.1, 0.15) is 5.00 Å². The highest BCUT2D eigenvalue weighted by Crippen LogP contribution is 2.28. The summed E-state index contributed by atoms with van der Waals surface area (Å²) in [7, 11) is 0. The molecule has 0 fully saturated rings. The Kier molecular flexibility index (Phi) is 4.70. The van der Waals surface area contributed by atoms with Gasteiger partial charge in [-0.1, -0.05) is 22.9 Å². The van der Waals surface area contributed by atoms with Crippen LogP contribution in [0.5, 0.6) is 0 Å². The van der Waals surface area contributed by atoms with Crippen molar-refractivity contribution in [2.75, 3.05) is 11.9 Å². The second-order valence-corrected chi connectivity index (χ2v) is 4.49. The number of nitrogens with one attached hydrogen (secondary N) is 1. The second kappa shape index (κ2) is 5.81. The van der Waals surface area contributed by atoms with Crippen LogP contribution < -0.4 is 5.32 Å². The summed E-state index contributed by atoms with van der Waals surface area (Å²) in [6.07, 6.45) is 0.00662. The summed E-state index contributed by atoms with van der Waals surface area (Å²) in [5, 5.41) is 3.06. The van der Waals surface area contributed by atoms with Crippen molar-refractivity contribution in [1.82, 2.24) is 4.98 Å². The minimum Gasteiger partial charge on any atom is -0.466 e. The van der Waals surface area contributed by atoms with E-state index < -0.39 is 5.97 Å². The van der Waals surface area contributed by atoms with Crippen molar-refractivity contribution in [3.8, 4) is 0 Å². The summed E-state index contributed by atoms with van der Waals surface area (Å²) in [4.78, 5) is 26.1. The van der Waals surface area contributed by atoms with Gasteiger partial charge in [0, 0.05) is 6.92 Å². The first kappa shape index (κ1) is 12.9. The number of ether oxygens (including phenoxy) is 1. The van der Waals surface area contributed by atoms with Crippen LogP contribution in [0.2, 0.25) is 4.47 Å². The molecule has 88 valence electrons. The van der Waals surface area contributed by atoms with Gasteiger partial charge in [0.2, 0.25) is 5.91 Å².